The molecule has 0 saturated heterocycles. The quantitative estimate of drug-likeness (QED) is 0.456. The van der Waals surface area contributed by atoms with Crippen LogP contribution in [0.3, 0.4) is 0 Å². The lowest BCUT2D eigenvalue weighted by atomic mass is 9.91. The van der Waals surface area contributed by atoms with Gasteiger partial charge < -0.3 is 0 Å². The highest BCUT2D eigenvalue weighted by Gasteiger charge is 2.17. The van der Waals surface area contributed by atoms with E-state index in [1.165, 1.54) is 25.7 Å². The minimum Gasteiger partial charge on any atom is -0.111 e. The molecule has 54 valence electrons. The van der Waals surface area contributed by atoms with Gasteiger partial charge in [-0.1, -0.05) is 30.6 Å². The van der Waals surface area contributed by atoms with E-state index in [0.717, 1.165) is 11.2 Å². The molecule has 0 aromatic heterocycles. The van der Waals surface area contributed by atoms with Gasteiger partial charge in [-0.2, -0.15) is 0 Å². The van der Waals surface area contributed by atoms with Crippen molar-refractivity contribution in [3.8, 4) is 0 Å². The molecule has 0 amide bonds. The fourth-order valence-corrected chi connectivity index (χ4v) is 2.74. The Morgan fingerprint density at radius 1 is 1.44 bits per heavy atom. The first-order chi connectivity index (χ1) is 4.33. The first kappa shape index (κ1) is 7.80. The van der Waals surface area contributed by atoms with E-state index in [2.05, 4.69) is 18.6 Å². The molecule has 1 rings (SSSR count). The smallest absolute Gasteiger partial charge is 0.0151 e. The van der Waals surface area contributed by atoms with Crippen LogP contribution >= 0.6 is 22.5 Å². The average Bonchev–Trinajstić information content (AvgIpc) is 1.88. The molecule has 0 bridgehead atoms. The van der Waals surface area contributed by atoms with Crippen molar-refractivity contribution >= 4 is 22.5 Å². The van der Waals surface area contributed by atoms with Crippen LogP contribution in [0.5, 0.6) is 0 Å². The summed E-state index contributed by atoms with van der Waals surface area (Å²) in [6.07, 6.45) is 5.62. The van der Waals surface area contributed by atoms with Crippen molar-refractivity contribution in [3.05, 3.63) is 0 Å². The Morgan fingerprint density at radius 3 is 2.67 bits per heavy atom. The van der Waals surface area contributed by atoms with Gasteiger partial charge in [0.15, 0.2) is 0 Å². The van der Waals surface area contributed by atoms with Crippen LogP contribution < -0.4 is 0 Å². The zero-order chi connectivity index (χ0) is 6.69. The van der Waals surface area contributed by atoms with E-state index >= 15 is 0 Å². The maximum atomic E-state index is 4.22. The molecular weight excluding hydrogens is 148 g/mol. The lowest BCUT2D eigenvalue weighted by molar-refractivity contribution is 0.395. The molecule has 1 fully saturated rings. The van der Waals surface area contributed by atoms with Crippen molar-refractivity contribution in [2.75, 3.05) is 0 Å². The second kappa shape index (κ2) is 3.77. The van der Waals surface area contributed by atoms with Crippen molar-refractivity contribution < 1.29 is 0 Å². The van der Waals surface area contributed by atoms with E-state index in [1.807, 2.05) is 0 Å². The zero-order valence-electron chi connectivity index (χ0n) is 5.84. The molecule has 1 aliphatic rings. The minimum atomic E-state index is 0.845. The molecule has 1 aliphatic carbocycles. The van der Waals surface area contributed by atoms with E-state index in [-0.39, 0.29) is 0 Å². The highest BCUT2D eigenvalue weighted by atomic mass is 33.1. The molecule has 0 spiro atoms. The molecule has 9 heavy (non-hydrogen) atoms. The topological polar surface area (TPSA) is 0 Å². The van der Waals surface area contributed by atoms with Gasteiger partial charge in [0.2, 0.25) is 0 Å². The Labute approximate surface area is 66.6 Å². The standard InChI is InChI=1S/C7H14S2/c1-6-3-2-4-7(5-6)9-8/h6-8H,2-5H2,1H3. The van der Waals surface area contributed by atoms with Crippen molar-refractivity contribution in [1.29, 1.82) is 0 Å². The Hall–Kier alpha value is 0.700. The van der Waals surface area contributed by atoms with Gasteiger partial charge >= 0.3 is 0 Å². The molecule has 1 saturated carbocycles. The lowest BCUT2D eigenvalue weighted by Crippen LogP contribution is -2.13. The highest BCUT2D eigenvalue weighted by Crippen LogP contribution is 2.33. The van der Waals surface area contributed by atoms with Gasteiger partial charge in [-0.25, -0.2) is 0 Å². The monoisotopic (exact) mass is 162 g/mol. The second-order valence-corrected chi connectivity index (χ2v) is 4.51. The number of rotatable bonds is 1. The van der Waals surface area contributed by atoms with E-state index in [9.17, 15) is 0 Å². The van der Waals surface area contributed by atoms with Gasteiger partial charge in [0.05, 0.1) is 0 Å². The maximum Gasteiger partial charge on any atom is 0.0151 e. The highest BCUT2D eigenvalue weighted by molar-refractivity contribution is 8.68. The molecule has 0 heterocycles. The van der Waals surface area contributed by atoms with Crippen molar-refractivity contribution in [2.45, 2.75) is 37.9 Å². The van der Waals surface area contributed by atoms with Gasteiger partial charge in [-0.3, -0.25) is 0 Å². The lowest BCUT2D eigenvalue weighted by Gasteiger charge is -2.24. The van der Waals surface area contributed by atoms with Gasteiger partial charge in [0, 0.05) is 5.25 Å². The Balaban J connectivity index is 2.23. The first-order valence-corrected chi connectivity index (χ1v) is 5.56. The van der Waals surface area contributed by atoms with Crippen LogP contribution in [0.1, 0.15) is 32.6 Å². The molecule has 2 unspecified atom stereocenters. The molecule has 2 heteroatoms. The number of hydrogen-bond acceptors (Lipinski definition) is 2. The summed E-state index contributed by atoms with van der Waals surface area (Å²) in [6.45, 7) is 2.34. The van der Waals surface area contributed by atoms with E-state index in [4.69, 9.17) is 0 Å². The van der Waals surface area contributed by atoms with Gasteiger partial charge in [-0.05, 0) is 18.8 Å². The normalized spacial score (nSPS) is 36.7. The van der Waals surface area contributed by atoms with E-state index < -0.39 is 0 Å². The summed E-state index contributed by atoms with van der Waals surface area (Å²) in [6, 6.07) is 0. The summed E-state index contributed by atoms with van der Waals surface area (Å²) in [4.78, 5) is 0. The summed E-state index contributed by atoms with van der Waals surface area (Å²) < 4.78 is 0. The summed E-state index contributed by atoms with van der Waals surface area (Å²) in [5.74, 6) is 0.948. The molecule has 0 radical (unpaired) electrons. The molecule has 0 aliphatic heterocycles. The van der Waals surface area contributed by atoms with Crippen LogP contribution in [0, 0.1) is 5.92 Å². The third kappa shape index (κ3) is 2.42. The van der Waals surface area contributed by atoms with Crippen molar-refractivity contribution in [2.24, 2.45) is 5.92 Å². The van der Waals surface area contributed by atoms with Crippen LogP contribution in [-0.2, 0) is 0 Å². The number of thiol groups is 1. The first-order valence-electron chi connectivity index (χ1n) is 3.63. The molecule has 0 nitrogen and oxygen atoms in total. The van der Waals surface area contributed by atoms with Gasteiger partial charge in [0.1, 0.15) is 0 Å². The second-order valence-electron chi connectivity index (χ2n) is 3.00. The molecule has 2 atom stereocenters. The van der Waals surface area contributed by atoms with Gasteiger partial charge in [-0.15, -0.1) is 11.7 Å². The molecule has 0 N–H and O–H groups in total. The zero-order valence-corrected chi connectivity index (χ0v) is 7.55. The fraction of sp³-hybridized carbons (Fsp3) is 1.00. The predicted octanol–water partition coefficient (Wildman–Crippen LogP) is 3.14. The molecular formula is C7H14S2. The summed E-state index contributed by atoms with van der Waals surface area (Å²) in [7, 11) is 1.74. The van der Waals surface area contributed by atoms with Crippen LogP contribution in [0.4, 0.5) is 0 Å². The van der Waals surface area contributed by atoms with Gasteiger partial charge in [0.25, 0.3) is 0 Å². The third-order valence-corrected chi connectivity index (χ3v) is 3.66. The summed E-state index contributed by atoms with van der Waals surface area (Å²) in [5.41, 5.74) is 0. The van der Waals surface area contributed by atoms with Crippen LogP contribution in [0.2, 0.25) is 0 Å². The Morgan fingerprint density at radius 2 is 2.22 bits per heavy atom. The Kier molecular flexibility index (Phi) is 3.27. The van der Waals surface area contributed by atoms with Crippen molar-refractivity contribution in [1.82, 2.24) is 0 Å². The maximum absolute atomic E-state index is 4.22. The van der Waals surface area contributed by atoms with Crippen LogP contribution in [0.25, 0.3) is 0 Å². The SMILES string of the molecule is CC1CCCC(SS)C1. The van der Waals surface area contributed by atoms with E-state index in [1.54, 1.807) is 10.8 Å². The average molecular weight is 162 g/mol. The van der Waals surface area contributed by atoms with Crippen LogP contribution in [-0.4, -0.2) is 5.25 Å². The number of hydrogen-bond donors (Lipinski definition) is 1. The summed E-state index contributed by atoms with van der Waals surface area (Å²) in [5, 5.41) is 0.845. The van der Waals surface area contributed by atoms with Crippen molar-refractivity contribution in [3.63, 3.8) is 0 Å². The molecule has 0 aromatic rings. The molecule has 0 aromatic carbocycles. The van der Waals surface area contributed by atoms with Crippen LogP contribution in [0.15, 0.2) is 0 Å². The van der Waals surface area contributed by atoms with E-state index in [0.29, 0.717) is 0 Å². The minimum absolute atomic E-state index is 0.845. The Bertz CT molecular complexity index is 83.0. The third-order valence-electron chi connectivity index (χ3n) is 2.04. The fourth-order valence-electron chi connectivity index (χ4n) is 1.47. The predicted molar refractivity (Wildman–Crippen MR) is 48.0 cm³/mol. The summed E-state index contributed by atoms with van der Waals surface area (Å²) >= 11 is 4.22. The largest absolute Gasteiger partial charge is 0.111 e.